The zero-order chi connectivity index (χ0) is 14.2. The molecule has 19 heavy (non-hydrogen) atoms. The molecule has 0 unspecified atom stereocenters. The van der Waals surface area contributed by atoms with Crippen LogP contribution in [0.2, 0.25) is 0 Å². The van der Waals surface area contributed by atoms with Crippen molar-refractivity contribution in [3.05, 3.63) is 50.2 Å². The van der Waals surface area contributed by atoms with Gasteiger partial charge in [0.05, 0.1) is 18.4 Å². The molecule has 1 aromatic heterocycles. The molecular weight excluding hydrogens is 248 g/mol. The largest absolute Gasteiger partial charge is 0.496 e. The monoisotopic (exact) mass is 262 g/mol. The Morgan fingerprint density at radius 3 is 2.53 bits per heavy atom. The van der Waals surface area contributed by atoms with Gasteiger partial charge in [0, 0.05) is 0 Å². The summed E-state index contributed by atoms with van der Waals surface area (Å²) in [5, 5.41) is 9.94. The molecule has 0 saturated heterocycles. The zero-order valence-corrected chi connectivity index (χ0v) is 10.9. The van der Waals surface area contributed by atoms with Crippen LogP contribution in [0.3, 0.4) is 0 Å². The highest BCUT2D eigenvalue weighted by Crippen LogP contribution is 2.22. The molecule has 0 fully saturated rings. The molecule has 0 saturated carbocycles. The van der Waals surface area contributed by atoms with Crippen molar-refractivity contribution in [2.45, 2.75) is 13.8 Å². The maximum absolute atomic E-state index is 11.8. The van der Waals surface area contributed by atoms with Gasteiger partial charge in [-0.2, -0.15) is 0 Å². The van der Waals surface area contributed by atoms with Crippen LogP contribution in [0.15, 0.2) is 27.8 Å². The van der Waals surface area contributed by atoms with E-state index in [9.17, 15) is 14.7 Å². The Hall–Kier alpha value is -2.50. The van der Waals surface area contributed by atoms with Crippen molar-refractivity contribution in [3.63, 3.8) is 0 Å². The van der Waals surface area contributed by atoms with Crippen molar-refractivity contribution >= 4 is 0 Å². The molecule has 0 atom stereocenters. The predicted octanol–water partition coefficient (Wildman–Crippen LogP) is 0.857. The molecule has 0 spiro atoms. The van der Waals surface area contributed by atoms with Crippen LogP contribution in [-0.4, -0.2) is 21.8 Å². The second-order valence-electron chi connectivity index (χ2n) is 4.20. The van der Waals surface area contributed by atoms with E-state index in [0.29, 0.717) is 11.4 Å². The van der Waals surface area contributed by atoms with Gasteiger partial charge in [-0.25, -0.2) is 9.36 Å². The molecule has 2 N–H and O–H groups in total. The Morgan fingerprint density at radius 1 is 1.26 bits per heavy atom. The number of nitrogens with zero attached hydrogens (tertiary/aromatic N) is 1. The third-order valence-corrected chi connectivity index (χ3v) is 2.95. The molecule has 0 radical (unpaired) electrons. The van der Waals surface area contributed by atoms with Crippen LogP contribution in [-0.2, 0) is 0 Å². The number of aryl methyl sites for hydroxylation is 1. The van der Waals surface area contributed by atoms with Crippen molar-refractivity contribution in [1.29, 1.82) is 0 Å². The van der Waals surface area contributed by atoms with Crippen molar-refractivity contribution in [2.75, 3.05) is 7.11 Å². The quantitative estimate of drug-likeness (QED) is 0.840. The number of aromatic hydroxyl groups is 1. The van der Waals surface area contributed by atoms with Crippen molar-refractivity contribution in [3.8, 4) is 17.3 Å². The fourth-order valence-corrected chi connectivity index (χ4v) is 1.85. The maximum atomic E-state index is 11.8. The van der Waals surface area contributed by atoms with E-state index in [-0.39, 0.29) is 11.4 Å². The van der Waals surface area contributed by atoms with Crippen molar-refractivity contribution < 1.29 is 9.84 Å². The lowest BCUT2D eigenvalue weighted by atomic mass is 10.2. The Bertz CT molecular complexity index is 743. The fourth-order valence-electron chi connectivity index (χ4n) is 1.85. The van der Waals surface area contributed by atoms with Gasteiger partial charge in [0.2, 0.25) is 5.88 Å². The van der Waals surface area contributed by atoms with E-state index in [2.05, 4.69) is 4.98 Å². The average molecular weight is 262 g/mol. The molecule has 0 aliphatic heterocycles. The van der Waals surface area contributed by atoms with Gasteiger partial charge in [0.25, 0.3) is 5.56 Å². The molecular formula is C13H14N2O4. The SMILES string of the molecule is COc1ccc(-n2c(O)c(C)c(=O)[nH]c2=O)cc1C. The van der Waals surface area contributed by atoms with Gasteiger partial charge in [-0.15, -0.1) is 0 Å². The third-order valence-electron chi connectivity index (χ3n) is 2.95. The Balaban J connectivity index is 2.73. The number of rotatable bonds is 2. The second kappa shape index (κ2) is 4.64. The van der Waals surface area contributed by atoms with Crippen molar-refractivity contribution in [2.24, 2.45) is 0 Å². The molecule has 0 aliphatic rings. The molecule has 0 aliphatic carbocycles. The highest BCUT2D eigenvalue weighted by molar-refractivity contribution is 5.45. The van der Waals surface area contributed by atoms with Gasteiger partial charge in [0.15, 0.2) is 0 Å². The summed E-state index contributed by atoms with van der Waals surface area (Å²) in [6, 6.07) is 5.01. The molecule has 0 bridgehead atoms. The summed E-state index contributed by atoms with van der Waals surface area (Å²) in [6.45, 7) is 3.27. The fraction of sp³-hybridized carbons (Fsp3) is 0.231. The van der Waals surface area contributed by atoms with Gasteiger partial charge < -0.3 is 9.84 Å². The molecule has 1 heterocycles. The number of hydrogen-bond donors (Lipinski definition) is 2. The van der Waals surface area contributed by atoms with Crippen LogP contribution in [0.25, 0.3) is 5.69 Å². The summed E-state index contributed by atoms with van der Waals surface area (Å²) in [7, 11) is 1.55. The first-order valence-corrected chi connectivity index (χ1v) is 5.65. The molecule has 2 aromatic rings. The van der Waals surface area contributed by atoms with Crippen molar-refractivity contribution in [1.82, 2.24) is 9.55 Å². The first-order chi connectivity index (χ1) is 8.95. The van der Waals surface area contributed by atoms with E-state index in [0.717, 1.165) is 10.1 Å². The van der Waals surface area contributed by atoms with Gasteiger partial charge >= 0.3 is 5.69 Å². The summed E-state index contributed by atoms with van der Waals surface area (Å²) in [6.07, 6.45) is 0. The number of nitrogens with one attached hydrogen (secondary N) is 1. The van der Waals surface area contributed by atoms with Crippen LogP contribution in [0.4, 0.5) is 0 Å². The van der Waals surface area contributed by atoms with Crippen LogP contribution in [0.5, 0.6) is 11.6 Å². The first-order valence-electron chi connectivity index (χ1n) is 5.65. The maximum Gasteiger partial charge on any atom is 0.335 e. The number of aromatic amines is 1. The number of aromatic nitrogens is 2. The van der Waals surface area contributed by atoms with E-state index in [4.69, 9.17) is 4.74 Å². The van der Waals surface area contributed by atoms with E-state index in [1.165, 1.54) is 6.92 Å². The summed E-state index contributed by atoms with van der Waals surface area (Å²) in [5.74, 6) is 0.316. The standard InChI is InChI=1S/C13H14N2O4/c1-7-6-9(4-5-10(7)19-3)15-12(17)8(2)11(16)14-13(15)18/h4-6,17H,1-3H3,(H,14,16,18). The van der Waals surface area contributed by atoms with Crippen LogP contribution >= 0.6 is 0 Å². The average Bonchev–Trinajstić information content (AvgIpc) is 2.36. The topological polar surface area (TPSA) is 84.3 Å². The number of ether oxygens (including phenoxy) is 1. The van der Waals surface area contributed by atoms with Gasteiger partial charge in [-0.1, -0.05) is 0 Å². The summed E-state index contributed by atoms with van der Waals surface area (Å²) in [4.78, 5) is 25.3. The normalized spacial score (nSPS) is 10.5. The summed E-state index contributed by atoms with van der Waals surface area (Å²) < 4.78 is 6.18. The molecule has 2 rings (SSSR count). The molecule has 6 nitrogen and oxygen atoms in total. The summed E-state index contributed by atoms with van der Waals surface area (Å²) in [5.41, 5.74) is 0.0880. The first kappa shape index (κ1) is 12.9. The Kier molecular flexibility index (Phi) is 3.16. The zero-order valence-electron chi connectivity index (χ0n) is 10.9. The van der Waals surface area contributed by atoms with Crippen LogP contribution in [0, 0.1) is 13.8 Å². The van der Waals surface area contributed by atoms with E-state index in [1.807, 2.05) is 6.92 Å². The smallest absolute Gasteiger partial charge is 0.335 e. The summed E-state index contributed by atoms with van der Waals surface area (Å²) >= 11 is 0. The number of H-pyrrole nitrogens is 1. The predicted molar refractivity (Wildman–Crippen MR) is 70.4 cm³/mol. The lowest BCUT2D eigenvalue weighted by Gasteiger charge is -2.11. The number of methoxy groups -OCH3 is 1. The highest BCUT2D eigenvalue weighted by atomic mass is 16.5. The number of benzene rings is 1. The lowest BCUT2D eigenvalue weighted by molar-refractivity contribution is 0.410. The molecule has 1 aromatic carbocycles. The number of hydrogen-bond acceptors (Lipinski definition) is 4. The Morgan fingerprint density at radius 2 is 1.95 bits per heavy atom. The van der Waals surface area contributed by atoms with E-state index >= 15 is 0 Å². The van der Waals surface area contributed by atoms with Crippen LogP contribution in [0.1, 0.15) is 11.1 Å². The van der Waals surface area contributed by atoms with Gasteiger partial charge in [0.1, 0.15) is 5.75 Å². The highest BCUT2D eigenvalue weighted by Gasteiger charge is 2.12. The minimum absolute atomic E-state index is 0.0908. The third kappa shape index (κ3) is 2.12. The van der Waals surface area contributed by atoms with E-state index < -0.39 is 11.2 Å². The molecule has 6 heteroatoms. The van der Waals surface area contributed by atoms with Crippen LogP contribution < -0.4 is 16.0 Å². The molecule has 100 valence electrons. The lowest BCUT2D eigenvalue weighted by Crippen LogP contribution is -2.30. The molecule has 0 amide bonds. The minimum atomic E-state index is -0.683. The second-order valence-corrected chi connectivity index (χ2v) is 4.20. The van der Waals surface area contributed by atoms with E-state index in [1.54, 1.807) is 25.3 Å². The van der Waals surface area contributed by atoms with Gasteiger partial charge in [-0.3, -0.25) is 9.78 Å². The minimum Gasteiger partial charge on any atom is -0.496 e. The van der Waals surface area contributed by atoms with Gasteiger partial charge in [-0.05, 0) is 37.6 Å². The Labute approximate surface area is 108 Å².